The third-order valence-electron chi connectivity index (χ3n) is 3.34. The normalized spacial score (nSPS) is 10.2. The number of nitrogens with zero attached hydrogens (tertiary/aromatic N) is 3. The standard InChI is InChI=1S/C18H17N5O2/c1-12(24)21-14-6-4-7-15(10-14)22-18-20-11-19-17(23-18)13-5-3-8-16(9-13)25-2/h3-11H,1-2H3,(H,21,24)(H,19,20,22,23). The lowest BCUT2D eigenvalue weighted by Crippen LogP contribution is -2.06. The van der Waals surface area contributed by atoms with Crippen molar-refractivity contribution in [3.05, 3.63) is 54.9 Å². The van der Waals surface area contributed by atoms with Gasteiger partial charge in [0.15, 0.2) is 5.82 Å². The lowest BCUT2D eigenvalue weighted by atomic mass is 10.2. The van der Waals surface area contributed by atoms with E-state index in [9.17, 15) is 4.79 Å². The number of hydrogen-bond acceptors (Lipinski definition) is 6. The van der Waals surface area contributed by atoms with E-state index in [0.29, 0.717) is 17.5 Å². The van der Waals surface area contributed by atoms with E-state index in [0.717, 1.165) is 17.0 Å². The highest BCUT2D eigenvalue weighted by Crippen LogP contribution is 2.22. The molecule has 0 fully saturated rings. The van der Waals surface area contributed by atoms with Crippen molar-refractivity contribution in [1.29, 1.82) is 0 Å². The summed E-state index contributed by atoms with van der Waals surface area (Å²) in [5.74, 6) is 1.55. The van der Waals surface area contributed by atoms with Crippen molar-refractivity contribution >= 4 is 23.2 Å². The second-order valence-electron chi connectivity index (χ2n) is 5.25. The van der Waals surface area contributed by atoms with Gasteiger partial charge in [-0.2, -0.15) is 4.98 Å². The van der Waals surface area contributed by atoms with Crippen LogP contribution in [0.5, 0.6) is 5.75 Å². The first kappa shape index (κ1) is 16.4. The van der Waals surface area contributed by atoms with Gasteiger partial charge in [0.05, 0.1) is 7.11 Å². The van der Waals surface area contributed by atoms with E-state index >= 15 is 0 Å². The van der Waals surface area contributed by atoms with Crippen LogP contribution in [0, 0.1) is 0 Å². The molecule has 7 heteroatoms. The second kappa shape index (κ2) is 7.39. The molecule has 7 nitrogen and oxygen atoms in total. The van der Waals surface area contributed by atoms with Crippen LogP contribution < -0.4 is 15.4 Å². The molecule has 0 atom stereocenters. The zero-order valence-corrected chi connectivity index (χ0v) is 13.9. The molecule has 3 rings (SSSR count). The van der Waals surface area contributed by atoms with Gasteiger partial charge in [-0.15, -0.1) is 0 Å². The van der Waals surface area contributed by atoms with Crippen LogP contribution in [0.1, 0.15) is 6.92 Å². The molecule has 0 aliphatic carbocycles. The average molecular weight is 335 g/mol. The highest BCUT2D eigenvalue weighted by atomic mass is 16.5. The summed E-state index contributed by atoms with van der Waals surface area (Å²) >= 11 is 0. The molecule has 0 bridgehead atoms. The maximum absolute atomic E-state index is 11.2. The van der Waals surface area contributed by atoms with Crippen molar-refractivity contribution in [2.45, 2.75) is 6.92 Å². The van der Waals surface area contributed by atoms with Crippen LogP contribution in [0.15, 0.2) is 54.9 Å². The third kappa shape index (κ3) is 4.29. The third-order valence-corrected chi connectivity index (χ3v) is 3.34. The van der Waals surface area contributed by atoms with Gasteiger partial charge in [-0.25, -0.2) is 9.97 Å². The van der Waals surface area contributed by atoms with Crippen LogP contribution in [0.2, 0.25) is 0 Å². The number of methoxy groups -OCH3 is 1. The maximum Gasteiger partial charge on any atom is 0.230 e. The molecule has 25 heavy (non-hydrogen) atoms. The minimum atomic E-state index is -0.127. The molecule has 0 aliphatic heterocycles. The van der Waals surface area contributed by atoms with Gasteiger partial charge in [0.1, 0.15) is 12.1 Å². The molecule has 2 aromatic carbocycles. The van der Waals surface area contributed by atoms with Crippen LogP contribution in [0.25, 0.3) is 11.4 Å². The molecule has 0 aliphatic rings. The van der Waals surface area contributed by atoms with Gasteiger partial charge in [0.25, 0.3) is 0 Å². The highest BCUT2D eigenvalue weighted by Gasteiger charge is 2.06. The fourth-order valence-corrected chi connectivity index (χ4v) is 2.26. The van der Waals surface area contributed by atoms with Crippen molar-refractivity contribution in [3.63, 3.8) is 0 Å². The van der Waals surface area contributed by atoms with E-state index < -0.39 is 0 Å². The molecule has 0 saturated heterocycles. The van der Waals surface area contributed by atoms with Gasteiger partial charge < -0.3 is 15.4 Å². The summed E-state index contributed by atoms with van der Waals surface area (Å²) in [7, 11) is 1.61. The van der Waals surface area contributed by atoms with Crippen molar-refractivity contribution in [2.75, 3.05) is 17.7 Å². The summed E-state index contributed by atoms with van der Waals surface area (Å²) in [6.07, 6.45) is 1.45. The monoisotopic (exact) mass is 335 g/mol. The van der Waals surface area contributed by atoms with Crippen molar-refractivity contribution in [2.24, 2.45) is 0 Å². The summed E-state index contributed by atoms with van der Waals surface area (Å²) in [6.45, 7) is 1.46. The number of carbonyl (C=O) groups excluding carboxylic acids is 1. The van der Waals surface area contributed by atoms with Crippen LogP contribution in [-0.4, -0.2) is 28.0 Å². The average Bonchev–Trinajstić information content (AvgIpc) is 2.62. The predicted octanol–water partition coefficient (Wildman–Crippen LogP) is 3.25. The van der Waals surface area contributed by atoms with E-state index in [4.69, 9.17) is 4.74 Å². The Morgan fingerprint density at radius 1 is 1.04 bits per heavy atom. The molecule has 126 valence electrons. The highest BCUT2D eigenvalue weighted by molar-refractivity contribution is 5.89. The molecule has 0 saturated carbocycles. The molecule has 0 unspecified atom stereocenters. The first-order valence-corrected chi connectivity index (χ1v) is 7.62. The van der Waals surface area contributed by atoms with Gasteiger partial charge in [-0.3, -0.25) is 4.79 Å². The predicted molar refractivity (Wildman–Crippen MR) is 95.8 cm³/mol. The van der Waals surface area contributed by atoms with Gasteiger partial charge >= 0.3 is 0 Å². The SMILES string of the molecule is COc1cccc(-c2ncnc(Nc3cccc(NC(C)=O)c3)n2)c1. The van der Waals surface area contributed by atoms with Crippen LogP contribution >= 0.6 is 0 Å². The van der Waals surface area contributed by atoms with Gasteiger partial charge in [0, 0.05) is 23.9 Å². The zero-order valence-electron chi connectivity index (χ0n) is 13.9. The smallest absolute Gasteiger partial charge is 0.230 e. The Morgan fingerprint density at radius 2 is 1.84 bits per heavy atom. The zero-order chi connectivity index (χ0) is 17.6. The lowest BCUT2D eigenvalue weighted by molar-refractivity contribution is -0.114. The maximum atomic E-state index is 11.2. The van der Waals surface area contributed by atoms with E-state index in [1.165, 1.54) is 13.3 Å². The Labute approximate surface area is 145 Å². The Morgan fingerprint density at radius 3 is 2.64 bits per heavy atom. The summed E-state index contributed by atoms with van der Waals surface area (Å²) in [5, 5.41) is 5.85. The summed E-state index contributed by atoms with van der Waals surface area (Å²) < 4.78 is 5.23. The number of aromatic nitrogens is 3. The van der Waals surface area contributed by atoms with E-state index in [-0.39, 0.29) is 5.91 Å². The summed E-state index contributed by atoms with van der Waals surface area (Å²) in [5.41, 5.74) is 2.28. The fourth-order valence-electron chi connectivity index (χ4n) is 2.26. The van der Waals surface area contributed by atoms with Crippen LogP contribution in [0.3, 0.4) is 0 Å². The molecular weight excluding hydrogens is 318 g/mol. The van der Waals surface area contributed by atoms with Crippen molar-refractivity contribution < 1.29 is 9.53 Å². The minimum Gasteiger partial charge on any atom is -0.497 e. The van der Waals surface area contributed by atoms with Crippen molar-refractivity contribution in [1.82, 2.24) is 15.0 Å². The van der Waals surface area contributed by atoms with E-state index in [1.54, 1.807) is 13.2 Å². The second-order valence-corrected chi connectivity index (χ2v) is 5.25. The summed E-state index contributed by atoms with van der Waals surface area (Å²) in [6, 6.07) is 14.8. The Hall–Kier alpha value is -3.48. The molecular formula is C18H17N5O2. The number of anilines is 3. The Bertz CT molecular complexity index is 898. The minimum absolute atomic E-state index is 0.127. The van der Waals surface area contributed by atoms with Crippen LogP contribution in [0.4, 0.5) is 17.3 Å². The molecule has 1 amide bonds. The molecule has 1 heterocycles. The Kier molecular flexibility index (Phi) is 4.84. The largest absolute Gasteiger partial charge is 0.497 e. The van der Waals surface area contributed by atoms with Crippen LogP contribution in [-0.2, 0) is 4.79 Å². The lowest BCUT2D eigenvalue weighted by Gasteiger charge is -2.08. The van der Waals surface area contributed by atoms with Gasteiger partial charge in [-0.1, -0.05) is 18.2 Å². The van der Waals surface area contributed by atoms with E-state index in [2.05, 4.69) is 25.6 Å². The number of amides is 1. The number of carbonyl (C=O) groups is 1. The van der Waals surface area contributed by atoms with E-state index in [1.807, 2.05) is 42.5 Å². The summed E-state index contributed by atoms with van der Waals surface area (Å²) in [4.78, 5) is 23.9. The molecule has 1 aromatic heterocycles. The first-order chi connectivity index (χ1) is 12.1. The quantitative estimate of drug-likeness (QED) is 0.744. The topological polar surface area (TPSA) is 89.0 Å². The number of rotatable bonds is 5. The fraction of sp³-hybridized carbons (Fsp3) is 0.111. The number of hydrogen-bond donors (Lipinski definition) is 2. The number of ether oxygens (including phenoxy) is 1. The molecule has 2 N–H and O–H groups in total. The molecule has 3 aromatic rings. The van der Waals surface area contributed by atoms with Gasteiger partial charge in [0.2, 0.25) is 11.9 Å². The first-order valence-electron chi connectivity index (χ1n) is 7.62. The van der Waals surface area contributed by atoms with Gasteiger partial charge in [-0.05, 0) is 30.3 Å². The van der Waals surface area contributed by atoms with Crippen molar-refractivity contribution in [3.8, 4) is 17.1 Å². The number of benzene rings is 2. The Balaban J connectivity index is 1.83. The molecule has 0 spiro atoms. The molecule has 0 radical (unpaired) electrons. The number of nitrogens with one attached hydrogen (secondary N) is 2.